The number of hydrogen-bond donors (Lipinski definition) is 2. The number of fused-ring (bicyclic) bond motifs is 1. The number of carbonyl (C=O) groups is 2. The Bertz CT molecular complexity index is 523. The molecule has 0 saturated carbocycles. The van der Waals surface area contributed by atoms with Crippen LogP contribution < -0.4 is 0 Å². The fourth-order valence-corrected chi connectivity index (χ4v) is 7.97. The number of aliphatic hydroxyl groups excluding tert-OH is 1. The van der Waals surface area contributed by atoms with Crippen LogP contribution in [0, 0.1) is 5.92 Å². The maximum absolute atomic E-state index is 12.0. The Labute approximate surface area is 133 Å². The lowest BCUT2D eigenvalue weighted by Crippen LogP contribution is -2.60. The van der Waals surface area contributed by atoms with Crippen LogP contribution in [0.1, 0.15) is 13.3 Å². The van der Waals surface area contributed by atoms with E-state index in [1.54, 1.807) is 6.92 Å². The fraction of sp³-hybridized carbons (Fsp3) is 0.667. The first kappa shape index (κ1) is 15.5. The predicted octanol–water partition coefficient (Wildman–Crippen LogP) is 0.406. The highest BCUT2D eigenvalue weighted by atomic mass is 32.2. The molecule has 0 aromatic heterocycles. The molecule has 2 N–H and O–H groups in total. The number of thioether (sulfide) groups is 2. The van der Waals surface area contributed by atoms with Crippen LogP contribution in [0.15, 0.2) is 9.93 Å². The topological polar surface area (TPSA) is 101 Å². The standard InChI is InChI=1S/C12H15NO5S3/c1-5(14)7-9(15)13-8(11(16)17)12(20-10(7)13)19-6-2-3-21(18)4-6/h5-7,10,14H,2-4H2,1H3,(H,16,17)/t5?,6?,7-,10+,21?/m0/s1. The summed E-state index contributed by atoms with van der Waals surface area (Å²) in [5, 5.41) is 18.8. The van der Waals surface area contributed by atoms with Crippen molar-refractivity contribution in [1.82, 2.24) is 4.90 Å². The Morgan fingerprint density at radius 1 is 1.62 bits per heavy atom. The predicted molar refractivity (Wildman–Crippen MR) is 81.9 cm³/mol. The van der Waals surface area contributed by atoms with Crippen LogP contribution in [0.5, 0.6) is 0 Å². The maximum atomic E-state index is 12.0. The molecular weight excluding hydrogens is 334 g/mol. The third kappa shape index (κ3) is 2.59. The van der Waals surface area contributed by atoms with Crippen molar-refractivity contribution in [1.29, 1.82) is 0 Å². The van der Waals surface area contributed by atoms with E-state index in [9.17, 15) is 24.4 Å². The van der Waals surface area contributed by atoms with E-state index in [-0.39, 0.29) is 22.2 Å². The van der Waals surface area contributed by atoms with Gasteiger partial charge in [0.1, 0.15) is 16.9 Å². The molecule has 0 aliphatic carbocycles. The number of nitrogens with zero attached hydrogens (tertiary/aromatic N) is 1. The highest BCUT2D eigenvalue weighted by molar-refractivity contribution is 8.23. The fourth-order valence-electron chi connectivity index (χ4n) is 2.71. The first-order valence-corrected chi connectivity index (χ1v) is 9.82. The number of hydrogen-bond acceptors (Lipinski definition) is 6. The molecule has 3 rings (SSSR count). The summed E-state index contributed by atoms with van der Waals surface area (Å²) in [6, 6.07) is 0. The van der Waals surface area contributed by atoms with Crippen LogP contribution in [-0.4, -0.2) is 59.8 Å². The van der Waals surface area contributed by atoms with Gasteiger partial charge < -0.3 is 14.8 Å². The van der Waals surface area contributed by atoms with E-state index in [4.69, 9.17) is 0 Å². The van der Waals surface area contributed by atoms with Crippen molar-refractivity contribution < 1.29 is 24.4 Å². The molecule has 3 heterocycles. The van der Waals surface area contributed by atoms with Crippen LogP contribution in [-0.2, 0) is 20.8 Å². The van der Waals surface area contributed by atoms with Gasteiger partial charge in [-0.15, -0.1) is 11.8 Å². The Kier molecular flexibility index (Phi) is 4.21. The van der Waals surface area contributed by atoms with Crippen molar-refractivity contribution in [2.24, 2.45) is 5.92 Å². The van der Waals surface area contributed by atoms with Gasteiger partial charge in [0.25, 0.3) is 0 Å². The number of carbonyl (C=O) groups excluding carboxylic acids is 1. The minimum atomic E-state index is -1.12. The van der Waals surface area contributed by atoms with Gasteiger partial charge >= 0.3 is 5.97 Å². The number of aliphatic carboxylic acids is 1. The SMILES string of the molecule is CC(O)[C@H]1C(=O)N2C(C(=O)O)=C(SC3CC[S+]([O-])C3)S[C@H]12. The molecule has 1 amide bonds. The minimum absolute atomic E-state index is 0.0228. The minimum Gasteiger partial charge on any atom is -0.616 e. The van der Waals surface area contributed by atoms with Crippen LogP contribution in [0.25, 0.3) is 0 Å². The smallest absolute Gasteiger partial charge is 0.354 e. The van der Waals surface area contributed by atoms with E-state index in [1.807, 2.05) is 0 Å². The van der Waals surface area contributed by atoms with Gasteiger partial charge in [0.05, 0.1) is 21.5 Å². The van der Waals surface area contributed by atoms with Gasteiger partial charge in [0.15, 0.2) is 5.70 Å². The Balaban J connectivity index is 1.79. The van der Waals surface area contributed by atoms with Crippen molar-refractivity contribution >= 4 is 46.6 Å². The van der Waals surface area contributed by atoms with Crippen LogP contribution in [0.4, 0.5) is 0 Å². The lowest BCUT2D eigenvalue weighted by Gasteiger charge is -2.43. The molecule has 0 bridgehead atoms. The van der Waals surface area contributed by atoms with Gasteiger partial charge in [0, 0.05) is 6.42 Å². The normalized spacial score (nSPS) is 36.7. The van der Waals surface area contributed by atoms with E-state index in [0.717, 1.165) is 6.42 Å². The van der Waals surface area contributed by atoms with Gasteiger partial charge in [-0.2, -0.15) is 0 Å². The second kappa shape index (κ2) is 5.69. The highest BCUT2D eigenvalue weighted by Crippen LogP contribution is 2.55. The van der Waals surface area contributed by atoms with Gasteiger partial charge in [-0.25, -0.2) is 4.79 Å². The number of aliphatic hydroxyl groups is 1. The number of amides is 1. The second-order valence-corrected chi connectivity index (χ2v) is 9.58. The first-order valence-electron chi connectivity index (χ1n) is 6.57. The molecule has 0 radical (unpaired) electrons. The van der Waals surface area contributed by atoms with Crippen molar-refractivity contribution in [2.75, 3.05) is 11.5 Å². The summed E-state index contributed by atoms with van der Waals surface area (Å²) in [6.07, 6.45) is 0.0109. The van der Waals surface area contributed by atoms with Gasteiger partial charge in [-0.05, 0) is 6.92 Å². The number of carboxylic acids is 1. The molecule has 0 aromatic carbocycles. The van der Waals surface area contributed by atoms with E-state index >= 15 is 0 Å². The largest absolute Gasteiger partial charge is 0.616 e. The zero-order valence-corrected chi connectivity index (χ0v) is 13.7. The molecule has 9 heteroatoms. The summed E-state index contributed by atoms with van der Waals surface area (Å²) < 4.78 is 12.0. The summed E-state index contributed by atoms with van der Waals surface area (Å²) in [4.78, 5) is 24.8. The molecule has 2 fully saturated rings. The molecule has 3 aliphatic rings. The lowest BCUT2D eigenvalue weighted by molar-refractivity contribution is -0.156. The molecular formula is C12H15NO5S3. The van der Waals surface area contributed by atoms with Crippen LogP contribution in [0.3, 0.4) is 0 Å². The Morgan fingerprint density at radius 2 is 2.33 bits per heavy atom. The molecule has 116 valence electrons. The highest BCUT2D eigenvalue weighted by Gasteiger charge is 2.58. The molecule has 3 aliphatic heterocycles. The van der Waals surface area contributed by atoms with Crippen molar-refractivity contribution in [3.8, 4) is 0 Å². The number of carboxylic acid groups (broad SMARTS) is 1. The van der Waals surface area contributed by atoms with Crippen LogP contribution in [0.2, 0.25) is 0 Å². The second-order valence-electron chi connectivity index (χ2n) is 5.26. The van der Waals surface area contributed by atoms with Gasteiger partial charge in [-0.3, -0.25) is 9.69 Å². The molecule has 5 atom stereocenters. The zero-order valence-electron chi connectivity index (χ0n) is 11.2. The summed E-state index contributed by atoms with van der Waals surface area (Å²) in [7, 11) is 0. The van der Waals surface area contributed by atoms with Crippen molar-refractivity contribution in [3.05, 3.63) is 9.93 Å². The molecule has 2 saturated heterocycles. The van der Waals surface area contributed by atoms with E-state index < -0.39 is 29.2 Å². The number of β-lactam (4-membered cyclic amide) rings is 1. The third-order valence-electron chi connectivity index (χ3n) is 3.78. The zero-order chi connectivity index (χ0) is 15.3. The molecule has 6 nitrogen and oxygen atoms in total. The van der Waals surface area contributed by atoms with Gasteiger partial charge in [-0.1, -0.05) is 22.9 Å². The van der Waals surface area contributed by atoms with E-state index in [1.165, 1.54) is 28.4 Å². The van der Waals surface area contributed by atoms with E-state index in [0.29, 0.717) is 15.7 Å². The average molecular weight is 349 g/mol. The van der Waals surface area contributed by atoms with Crippen molar-refractivity contribution in [3.63, 3.8) is 0 Å². The Morgan fingerprint density at radius 3 is 2.86 bits per heavy atom. The van der Waals surface area contributed by atoms with E-state index in [2.05, 4.69) is 0 Å². The Hall–Kier alpha value is -0.350. The first-order chi connectivity index (χ1) is 9.90. The maximum Gasteiger partial charge on any atom is 0.354 e. The summed E-state index contributed by atoms with van der Waals surface area (Å²) in [5.74, 6) is -0.768. The lowest BCUT2D eigenvalue weighted by atomic mass is 9.92. The summed E-state index contributed by atoms with van der Waals surface area (Å²) in [5.41, 5.74) is 0.0228. The third-order valence-corrected chi connectivity index (χ3v) is 8.33. The van der Waals surface area contributed by atoms with Gasteiger partial charge in [0.2, 0.25) is 5.91 Å². The summed E-state index contributed by atoms with van der Waals surface area (Å²) >= 11 is 1.93. The monoisotopic (exact) mass is 349 g/mol. The van der Waals surface area contributed by atoms with Crippen LogP contribution >= 0.6 is 23.5 Å². The molecule has 0 aromatic rings. The average Bonchev–Trinajstić information content (AvgIpc) is 2.91. The molecule has 21 heavy (non-hydrogen) atoms. The van der Waals surface area contributed by atoms with Crippen molar-refractivity contribution in [2.45, 2.75) is 30.1 Å². The number of rotatable bonds is 4. The molecule has 0 spiro atoms. The molecule has 3 unspecified atom stereocenters. The quantitative estimate of drug-likeness (QED) is 0.560. The summed E-state index contributed by atoms with van der Waals surface area (Å²) in [6.45, 7) is 1.55.